The molecule has 216 valence electrons. The highest BCUT2D eigenvalue weighted by atomic mass is 16.5. The summed E-state index contributed by atoms with van der Waals surface area (Å²) in [6, 6.07) is 19.2. The van der Waals surface area contributed by atoms with Gasteiger partial charge < -0.3 is 9.84 Å². The number of aromatic nitrogens is 1. The zero-order chi connectivity index (χ0) is 29.4. The molecule has 3 heterocycles. The Morgan fingerprint density at radius 1 is 1.02 bits per heavy atom. The van der Waals surface area contributed by atoms with Crippen LogP contribution in [0.25, 0.3) is 11.6 Å². The van der Waals surface area contributed by atoms with E-state index in [1.54, 1.807) is 0 Å². The number of fused-ring (bicyclic) bond motifs is 3. The van der Waals surface area contributed by atoms with Gasteiger partial charge in [-0.15, -0.1) is 0 Å². The molecule has 3 aromatic rings. The summed E-state index contributed by atoms with van der Waals surface area (Å²) in [5.74, 6) is -0.594. The zero-order valence-electron chi connectivity index (χ0n) is 24.5. The van der Waals surface area contributed by atoms with E-state index >= 15 is 0 Å². The van der Waals surface area contributed by atoms with E-state index in [1.165, 1.54) is 16.0 Å². The normalized spacial score (nSPS) is 23.9. The Kier molecular flexibility index (Phi) is 7.82. The minimum Gasteiger partial charge on any atom is -0.507 e. The molecule has 6 rings (SSSR count). The maximum absolute atomic E-state index is 13.8. The van der Waals surface area contributed by atoms with E-state index in [0.29, 0.717) is 24.5 Å². The first kappa shape index (κ1) is 28.1. The second-order valence-electron chi connectivity index (χ2n) is 11.8. The fourth-order valence-electron chi connectivity index (χ4n) is 7.23. The summed E-state index contributed by atoms with van der Waals surface area (Å²) >= 11 is 0. The minimum atomic E-state index is -0.368. The molecular formula is C36H38N2O4. The molecule has 2 aromatic carbocycles. The van der Waals surface area contributed by atoms with Gasteiger partial charge in [0.1, 0.15) is 5.75 Å². The largest absolute Gasteiger partial charge is 0.507 e. The fourth-order valence-corrected chi connectivity index (χ4v) is 7.23. The van der Waals surface area contributed by atoms with Crippen molar-refractivity contribution in [1.29, 1.82) is 0 Å². The molecular weight excluding hydrogens is 524 g/mol. The number of amides is 2. The Morgan fingerprint density at radius 3 is 2.45 bits per heavy atom. The van der Waals surface area contributed by atoms with Gasteiger partial charge in [0.2, 0.25) is 11.8 Å². The Hall–Kier alpha value is -4.03. The second kappa shape index (κ2) is 11.7. The van der Waals surface area contributed by atoms with Crippen molar-refractivity contribution in [3.63, 3.8) is 0 Å². The molecule has 2 aliphatic heterocycles. The first-order valence-corrected chi connectivity index (χ1v) is 15.1. The van der Waals surface area contributed by atoms with Gasteiger partial charge in [-0.25, -0.2) is 0 Å². The predicted molar refractivity (Wildman–Crippen MR) is 165 cm³/mol. The van der Waals surface area contributed by atoms with Crippen LogP contribution in [0.3, 0.4) is 0 Å². The number of rotatable bonds is 8. The van der Waals surface area contributed by atoms with Gasteiger partial charge in [-0.3, -0.25) is 19.5 Å². The third kappa shape index (κ3) is 5.09. The number of allylic oxidation sites excluding steroid dienone is 2. The summed E-state index contributed by atoms with van der Waals surface area (Å²) in [6.07, 6.45) is 7.91. The predicted octanol–water partition coefficient (Wildman–Crippen LogP) is 7.05. The number of hydrogen-bond acceptors (Lipinski definition) is 5. The summed E-state index contributed by atoms with van der Waals surface area (Å²) in [4.78, 5) is 33.5. The Balaban J connectivity index is 1.29. The van der Waals surface area contributed by atoms with Gasteiger partial charge in [0.05, 0.1) is 35.9 Å². The lowest BCUT2D eigenvalue weighted by Gasteiger charge is -2.32. The molecule has 4 atom stereocenters. The van der Waals surface area contributed by atoms with E-state index < -0.39 is 0 Å². The maximum Gasteiger partial charge on any atom is 0.238 e. The molecule has 0 radical (unpaired) electrons. The van der Waals surface area contributed by atoms with Crippen LogP contribution in [0.2, 0.25) is 0 Å². The number of carbonyl (C=O) groups is 2. The molecule has 2 fully saturated rings. The van der Waals surface area contributed by atoms with E-state index in [0.717, 1.165) is 53.6 Å². The van der Waals surface area contributed by atoms with Gasteiger partial charge in [-0.05, 0) is 110 Å². The first-order valence-electron chi connectivity index (χ1n) is 15.1. The molecule has 2 amide bonds. The summed E-state index contributed by atoms with van der Waals surface area (Å²) in [7, 11) is 0. The number of nitrogens with zero attached hydrogens (tertiary/aromatic N) is 2. The highest BCUT2D eigenvalue weighted by Gasteiger charge is 2.57. The van der Waals surface area contributed by atoms with Gasteiger partial charge in [0.15, 0.2) is 0 Å². The monoisotopic (exact) mass is 562 g/mol. The standard InChI is InChI=1S/C36H38N2O4/c1-4-10-26-20-28-33(36(41)38(35(28)40)27-11-6-5-7-12-27)29-21-42-31(32(26)29)15-14-25(30-13-8-9-16-37-30)19-24-17-22(2)34(39)23(3)18-24/h5-9,11-13,16-19,28-29,31,33,39H,4,10,14-15,20-21H2,1-3H3/b25-19-/t28-,29+,31-,33-/m1/s1. The highest BCUT2D eigenvalue weighted by Crippen LogP contribution is 2.51. The number of carbonyl (C=O) groups excluding carboxylic acids is 2. The minimum absolute atomic E-state index is 0.0647. The molecule has 6 heteroatoms. The van der Waals surface area contributed by atoms with Gasteiger partial charge in [0.25, 0.3) is 0 Å². The molecule has 6 nitrogen and oxygen atoms in total. The highest BCUT2D eigenvalue weighted by molar-refractivity contribution is 6.22. The van der Waals surface area contributed by atoms with E-state index in [4.69, 9.17) is 4.74 Å². The molecule has 0 spiro atoms. The maximum atomic E-state index is 13.8. The number of aromatic hydroxyl groups is 1. The number of benzene rings is 2. The summed E-state index contributed by atoms with van der Waals surface area (Å²) in [5, 5.41) is 10.3. The molecule has 0 saturated carbocycles. The van der Waals surface area contributed by atoms with Gasteiger partial charge in [-0.2, -0.15) is 0 Å². The third-order valence-corrected chi connectivity index (χ3v) is 9.10. The first-order chi connectivity index (χ1) is 20.4. The van der Waals surface area contributed by atoms with Crippen LogP contribution in [-0.2, 0) is 14.3 Å². The van der Waals surface area contributed by atoms with E-state index in [2.05, 4.69) is 18.0 Å². The van der Waals surface area contributed by atoms with Crippen LogP contribution in [-0.4, -0.2) is 34.6 Å². The zero-order valence-corrected chi connectivity index (χ0v) is 24.5. The number of para-hydroxylation sites is 1. The quantitative estimate of drug-likeness (QED) is 0.235. The fraction of sp³-hybridized carbons (Fsp3) is 0.361. The van der Waals surface area contributed by atoms with Gasteiger partial charge in [-0.1, -0.05) is 43.2 Å². The number of pyridine rings is 1. The second-order valence-corrected chi connectivity index (χ2v) is 11.8. The van der Waals surface area contributed by atoms with Crippen LogP contribution in [0, 0.1) is 31.6 Å². The summed E-state index contributed by atoms with van der Waals surface area (Å²) in [5.41, 5.74) is 7.93. The molecule has 0 bridgehead atoms. The molecule has 0 unspecified atom stereocenters. The number of ether oxygens (including phenoxy) is 1. The lowest BCUT2D eigenvalue weighted by Crippen LogP contribution is -2.34. The number of phenolic OH excluding ortho intramolecular Hbond substituents is 1. The topological polar surface area (TPSA) is 79.7 Å². The number of imide groups is 1. The van der Waals surface area contributed by atoms with Crippen LogP contribution in [0.4, 0.5) is 5.69 Å². The van der Waals surface area contributed by atoms with Crippen molar-refractivity contribution < 1.29 is 19.4 Å². The summed E-state index contributed by atoms with van der Waals surface area (Å²) < 4.78 is 6.48. The number of hydrogen-bond donors (Lipinski definition) is 1. The lowest BCUT2D eigenvalue weighted by molar-refractivity contribution is -0.122. The average molecular weight is 563 g/mol. The number of phenols is 1. The van der Waals surface area contributed by atoms with Crippen molar-refractivity contribution in [2.45, 2.75) is 59.0 Å². The molecule has 1 N–H and O–H groups in total. The molecule has 3 aliphatic rings. The van der Waals surface area contributed by atoms with E-state index in [1.807, 2.05) is 80.7 Å². The van der Waals surface area contributed by atoms with Gasteiger partial charge in [0, 0.05) is 12.1 Å². The average Bonchev–Trinajstić information content (AvgIpc) is 3.53. The Bertz CT molecular complexity index is 1540. The summed E-state index contributed by atoms with van der Waals surface area (Å²) in [6.45, 7) is 6.47. The third-order valence-electron chi connectivity index (χ3n) is 9.10. The van der Waals surface area contributed by atoms with E-state index in [-0.39, 0.29) is 35.7 Å². The Labute approximate surface area is 247 Å². The van der Waals surface area contributed by atoms with Gasteiger partial charge >= 0.3 is 0 Å². The van der Waals surface area contributed by atoms with E-state index in [9.17, 15) is 14.7 Å². The number of anilines is 1. The number of aryl methyl sites for hydroxylation is 2. The van der Waals surface area contributed by atoms with Crippen molar-refractivity contribution in [2.24, 2.45) is 17.8 Å². The van der Waals surface area contributed by atoms with Crippen LogP contribution >= 0.6 is 0 Å². The molecule has 2 saturated heterocycles. The smallest absolute Gasteiger partial charge is 0.238 e. The van der Waals surface area contributed by atoms with Crippen LogP contribution < -0.4 is 4.90 Å². The van der Waals surface area contributed by atoms with Crippen molar-refractivity contribution >= 4 is 29.2 Å². The molecule has 42 heavy (non-hydrogen) atoms. The SMILES string of the molecule is CCCC1=C2[C@@H](CC/C(=C/c3cc(C)c(O)c(C)c3)c3ccccn3)OC[C@@H]2[C@@H]2C(=O)N(c3ccccc3)C(=O)[C@@H]2C1. The van der Waals surface area contributed by atoms with Crippen molar-refractivity contribution in [3.05, 3.63) is 100 Å². The van der Waals surface area contributed by atoms with Crippen molar-refractivity contribution in [2.75, 3.05) is 11.5 Å². The van der Waals surface area contributed by atoms with Crippen molar-refractivity contribution in [1.82, 2.24) is 4.98 Å². The molecule has 1 aliphatic carbocycles. The Morgan fingerprint density at radius 2 is 1.76 bits per heavy atom. The lowest BCUT2D eigenvalue weighted by atomic mass is 9.68. The molecule has 1 aromatic heterocycles. The van der Waals surface area contributed by atoms with Crippen molar-refractivity contribution in [3.8, 4) is 5.75 Å². The van der Waals surface area contributed by atoms with Crippen LogP contribution in [0.5, 0.6) is 5.75 Å². The van der Waals surface area contributed by atoms with Crippen LogP contribution in [0.1, 0.15) is 61.4 Å². The van der Waals surface area contributed by atoms with Crippen LogP contribution in [0.15, 0.2) is 78.0 Å².